The van der Waals surface area contributed by atoms with E-state index < -0.39 is 0 Å². The zero-order valence-corrected chi connectivity index (χ0v) is 19.9. The van der Waals surface area contributed by atoms with Gasteiger partial charge in [0.15, 0.2) is 5.65 Å². The van der Waals surface area contributed by atoms with Crippen LogP contribution in [0.25, 0.3) is 16.9 Å². The molecule has 1 saturated heterocycles. The van der Waals surface area contributed by atoms with Crippen molar-refractivity contribution in [2.45, 2.75) is 69.9 Å². The van der Waals surface area contributed by atoms with Crippen LogP contribution in [0, 0.1) is 11.8 Å². The molecule has 3 fully saturated rings. The van der Waals surface area contributed by atoms with Crippen LogP contribution in [0.1, 0.15) is 57.8 Å². The molecule has 3 unspecified atom stereocenters. The molecule has 3 atom stereocenters. The normalized spacial score (nSPS) is 26.4. The fourth-order valence-corrected chi connectivity index (χ4v) is 6.71. The first kappa shape index (κ1) is 22.0. The predicted molar refractivity (Wildman–Crippen MR) is 137 cm³/mol. The topological polar surface area (TPSA) is 65.7 Å². The van der Waals surface area contributed by atoms with Crippen LogP contribution in [0.2, 0.25) is 0 Å². The minimum Gasteiger partial charge on any atom is -0.507 e. The van der Waals surface area contributed by atoms with E-state index in [-0.39, 0.29) is 5.75 Å². The van der Waals surface area contributed by atoms with Crippen LogP contribution in [0.15, 0.2) is 36.5 Å². The maximum absolute atomic E-state index is 10.4. The number of fused-ring (bicyclic) bond motifs is 2. The first-order chi connectivity index (χ1) is 16.7. The van der Waals surface area contributed by atoms with Gasteiger partial charge in [0.25, 0.3) is 0 Å². The van der Waals surface area contributed by atoms with Gasteiger partial charge in [-0.25, -0.2) is 4.98 Å². The Morgan fingerprint density at radius 2 is 1.76 bits per heavy atom. The number of phenols is 1. The smallest absolute Gasteiger partial charge is 0.150 e. The number of piperidine rings is 1. The molecule has 3 heterocycles. The van der Waals surface area contributed by atoms with Crippen LogP contribution in [-0.2, 0) is 0 Å². The highest BCUT2D eigenvalue weighted by Gasteiger charge is 2.35. The lowest BCUT2D eigenvalue weighted by Crippen LogP contribution is -2.47. The molecule has 0 bridgehead atoms. The van der Waals surface area contributed by atoms with Gasteiger partial charge in [-0.2, -0.15) is 9.61 Å². The Kier molecular flexibility index (Phi) is 5.98. The molecule has 2 aliphatic carbocycles. The van der Waals surface area contributed by atoms with Crippen molar-refractivity contribution < 1.29 is 5.11 Å². The highest BCUT2D eigenvalue weighted by molar-refractivity contribution is 6.36. The van der Waals surface area contributed by atoms with Gasteiger partial charge < -0.3 is 15.3 Å². The predicted octanol–water partition coefficient (Wildman–Crippen LogP) is 4.13. The number of anilines is 1. The van der Waals surface area contributed by atoms with Gasteiger partial charge in [0.2, 0.25) is 0 Å². The average Bonchev–Trinajstić information content (AvgIpc) is 3.25. The highest BCUT2D eigenvalue weighted by Crippen LogP contribution is 2.42. The van der Waals surface area contributed by atoms with Crippen molar-refractivity contribution in [2.24, 2.45) is 11.8 Å². The van der Waals surface area contributed by atoms with Crippen molar-refractivity contribution >= 4 is 24.8 Å². The SMILES string of the molecule is [B]c1cnn2c(NC3CCN(C4CCC5CCCCC5C4)CC3)cc(-c3ccccc3O)nc12. The summed E-state index contributed by atoms with van der Waals surface area (Å²) in [4.78, 5) is 7.46. The molecule has 1 aliphatic heterocycles. The van der Waals surface area contributed by atoms with E-state index >= 15 is 0 Å². The van der Waals surface area contributed by atoms with Crippen LogP contribution in [-0.4, -0.2) is 57.6 Å². The molecule has 7 heteroatoms. The first-order valence-corrected chi connectivity index (χ1v) is 13.1. The van der Waals surface area contributed by atoms with Gasteiger partial charge in [0.05, 0.1) is 5.69 Å². The zero-order valence-electron chi connectivity index (χ0n) is 19.9. The lowest BCUT2D eigenvalue weighted by molar-refractivity contribution is 0.0607. The van der Waals surface area contributed by atoms with E-state index in [9.17, 15) is 5.11 Å². The van der Waals surface area contributed by atoms with Crippen LogP contribution < -0.4 is 10.8 Å². The van der Waals surface area contributed by atoms with Gasteiger partial charge in [-0.05, 0) is 61.5 Å². The van der Waals surface area contributed by atoms with Crippen molar-refractivity contribution in [2.75, 3.05) is 18.4 Å². The van der Waals surface area contributed by atoms with Gasteiger partial charge in [-0.1, -0.05) is 37.8 Å². The second-order valence-electron chi connectivity index (χ2n) is 10.6. The fraction of sp³-hybridized carbons (Fsp3) is 0.556. The van der Waals surface area contributed by atoms with E-state index in [4.69, 9.17) is 12.8 Å². The lowest BCUT2D eigenvalue weighted by atomic mass is 9.69. The molecular formula is C27H34BN5O. The number of aromatic nitrogens is 3. The highest BCUT2D eigenvalue weighted by atomic mass is 16.3. The number of hydrogen-bond acceptors (Lipinski definition) is 5. The van der Waals surface area contributed by atoms with Crippen LogP contribution in [0.5, 0.6) is 5.75 Å². The van der Waals surface area contributed by atoms with Crippen molar-refractivity contribution in [3.63, 3.8) is 0 Å². The monoisotopic (exact) mass is 455 g/mol. The third-order valence-electron chi connectivity index (χ3n) is 8.59. The molecule has 6 rings (SSSR count). The van der Waals surface area contributed by atoms with Crippen molar-refractivity contribution in [3.8, 4) is 17.0 Å². The maximum Gasteiger partial charge on any atom is 0.150 e. The van der Waals surface area contributed by atoms with Crippen LogP contribution in [0.4, 0.5) is 5.82 Å². The Labute approximate surface area is 203 Å². The molecule has 34 heavy (non-hydrogen) atoms. The molecule has 2 radical (unpaired) electrons. The number of aromatic hydroxyl groups is 1. The molecular weight excluding hydrogens is 421 g/mol. The Balaban J connectivity index is 1.16. The van der Waals surface area contributed by atoms with Crippen LogP contribution in [0.3, 0.4) is 0 Å². The third kappa shape index (κ3) is 4.19. The van der Waals surface area contributed by atoms with E-state index in [1.165, 1.54) is 44.9 Å². The Morgan fingerprint density at radius 3 is 2.59 bits per heavy atom. The minimum absolute atomic E-state index is 0.212. The number of nitrogens with zero attached hydrogens (tertiary/aromatic N) is 4. The second kappa shape index (κ2) is 9.25. The van der Waals surface area contributed by atoms with Crippen LogP contribution >= 0.6 is 0 Å². The summed E-state index contributed by atoms with van der Waals surface area (Å²) >= 11 is 0. The van der Waals surface area contributed by atoms with Gasteiger partial charge >= 0.3 is 0 Å². The number of nitrogens with one attached hydrogen (secondary N) is 1. The third-order valence-corrected chi connectivity index (χ3v) is 8.59. The summed E-state index contributed by atoms with van der Waals surface area (Å²) in [6.07, 6.45) is 14.0. The quantitative estimate of drug-likeness (QED) is 0.580. The molecule has 2 saturated carbocycles. The largest absolute Gasteiger partial charge is 0.507 e. The van der Waals surface area contributed by atoms with Gasteiger partial charge in [0, 0.05) is 43.0 Å². The fourth-order valence-electron chi connectivity index (χ4n) is 6.71. The zero-order chi connectivity index (χ0) is 23.1. The van der Waals surface area contributed by atoms with Gasteiger partial charge in [-0.15, -0.1) is 0 Å². The molecule has 2 N–H and O–H groups in total. The van der Waals surface area contributed by atoms with Gasteiger partial charge in [0.1, 0.15) is 19.4 Å². The Morgan fingerprint density at radius 1 is 0.971 bits per heavy atom. The first-order valence-electron chi connectivity index (χ1n) is 13.1. The summed E-state index contributed by atoms with van der Waals surface area (Å²) in [6, 6.07) is 10.4. The summed E-state index contributed by atoms with van der Waals surface area (Å²) in [7, 11) is 6.17. The average molecular weight is 455 g/mol. The summed E-state index contributed by atoms with van der Waals surface area (Å²) in [6.45, 7) is 2.31. The van der Waals surface area contributed by atoms with E-state index in [2.05, 4.69) is 15.3 Å². The van der Waals surface area contributed by atoms with Crippen molar-refractivity contribution in [3.05, 3.63) is 36.5 Å². The summed E-state index contributed by atoms with van der Waals surface area (Å²) in [5, 5.41) is 18.6. The minimum atomic E-state index is 0.212. The number of hydrogen-bond donors (Lipinski definition) is 2. The lowest BCUT2D eigenvalue weighted by Gasteiger charge is -2.45. The summed E-state index contributed by atoms with van der Waals surface area (Å²) in [5.41, 5.74) is 2.54. The number of benzene rings is 1. The number of rotatable bonds is 4. The van der Waals surface area contributed by atoms with Gasteiger partial charge in [-0.3, -0.25) is 0 Å². The van der Waals surface area contributed by atoms with E-state index in [0.29, 0.717) is 28.4 Å². The molecule has 176 valence electrons. The molecule has 0 spiro atoms. The Hall–Kier alpha value is -2.54. The molecule has 3 aliphatic rings. The van der Waals surface area contributed by atoms with E-state index in [1.54, 1.807) is 16.8 Å². The molecule has 2 aromatic heterocycles. The number of likely N-dealkylation sites (tertiary alicyclic amines) is 1. The van der Waals surface area contributed by atoms with Crippen molar-refractivity contribution in [1.29, 1.82) is 0 Å². The van der Waals surface area contributed by atoms with E-state index in [1.807, 2.05) is 24.3 Å². The summed E-state index contributed by atoms with van der Waals surface area (Å²) in [5.74, 6) is 3.08. The van der Waals surface area contributed by atoms with Crippen molar-refractivity contribution in [1.82, 2.24) is 19.5 Å². The number of phenolic OH excluding ortho intramolecular Hbond substituents is 1. The molecule has 6 nitrogen and oxygen atoms in total. The number of para-hydroxylation sites is 1. The van der Waals surface area contributed by atoms with E-state index in [0.717, 1.165) is 49.6 Å². The molecule has 3 aromatic rings. The standard InChI is InChI=1S/C27H34BN5O/c28-23-17-29-33-26(16-24(31-27(23)33)22-7-3-4-8-25(22)34)30-20-11-13-32(14-12-20)21-10-9-18-5-1-2-6-19(18)15-21/h3-4,7-8,16-21,30,34H,1-2,5-6,9-15H2. The Bertz CT molecular complexity index is 1160. The summed E-state index contributed by atoms with van der Waals surface area (Å²) < 4.78 is 1.79. The molecule has 1 aromatic carbocycles. The second-order valence-corrected chi connectivity index (χ2v) is 10.6. The maximum atomic E-state index is 10.4. The molecule has 0 amide bonds.